The molecule has 2 N–H and O–H groups in total. The normalized spacial score (nSPS) is 10.6. The molecule has 0 unspecified atom stereocenters. The third-order valence-corrected chi connectivity index (χ3v) is 4.67. The summed E-state index contributed by atoms with van der Waals surface area (Å²) in [6, 6.07) is 17.4. The van der Waals surface area contributed by atoms with Crippen LogP contribution in [0.1, 0.15) is 11.1 Å². The van der Waals surface area contributed by atoms with Crippen LogP contribution in [-0.2, 0) is 18.9 Å². The largest absolute Gasteiger partial charge is 0.475 e. The first-order valence-electron chi connectivity index (χ1n) is 9.92. The van der Waals surface area contributed by atoms with Crippen molar-refractivity contribution in [2.75, 3.05) is 40.6 Å². The number of hydrogen-bond donors (Lipinski definition) is 2. The van der Waals surface area contributed by atoms with E-state index in [1.165, 1.54) is 0 Å². The predicted molar refractivity (Wildman–Crippen MR) is 121 cm³/mol. The molecule has 0 amide bonds. The fourth-order valence-corrected chi connectivity index (χ4v) is 2.95. The summed E-state index contributed by atoms with van der Waals surface area (Å²) in [5.74, 6) is 0.270. The number of ether oxygens (including phenoxy) is 4. The fourth-order valence-electron chi connectivity index (χ4n) is 2.95. The van der Waals surface area contributed by atoms with Crippen molar-refractivity contribution >= 4 is 11.8 Å². The maximum Gasteiger partial charge on any atom is 0.213 e. The van der Waals surface area contributed by atoms with E-state index >= 15 is 0 Å². The van der Waals surface area contributed by atoms with Crippen LogP contribution >= 0.6 is 0 Å². The van der Waals surface area contributed by atoms with Crippen LogP contribution in [0.2, 0.25) is 0 Å². The van der Waals surface area contributed by atoms with Crippen molar-refractivity contribution in [2.45, 2.75) is 0 Å². The number of nitrogens with zero attached hydrogens (tertiary/aromatic N) is 1. The van der Waals surface area contributed by atoms with Gasteiger partial charge in [-0.1, -0.05) is 12.1 Å². The standard InChI is InChI=1S/C24H27N3O4/c1-28-13-15-30-23(25)19-5-3-18(4-6-19)21-11-12-27(17-21)22-9-7-20(8-10-22)24(26)31-16-14-29-2/h3-12,17,25-26H,13-16H2,1-2H3. The highest BCUT2D eigenvalue weighted by Crippen LogP contribution is 2.23. The van der Waals surface area contributed by atoms with Gasteiger partial charge in [0.15, 0.2) is 0 Å². The van der Waals surface area contributed by atoms with Gasteiger partial charge in [-0.05, 0) is 53.6 Å². The minimum Gasteiger partial charge on any atom is -0.475 e. The van der Waals surface area contributed by atoms with Gasteiger partial charge in [0.25, 0.3) is 0 Å². The summed E-state index contributed by atoms with van der Waals surface area (Å²) in [5.41, 5.74) is 4.56. The van der Waals surface area contributed by atoms with Crippen molar-refractivity contribution in [2.24, 2.45) is 0 Å². The van der Waals surface area contributed by atoms with Crippen LogP contribution in [0.5, 0.6) is 0 Å². The minimum atomic E-state index is 0.133. The zero-order valence-electron chi connectivity index (χ0n) is 17.8. The number of aromatic nitrogens is 1. The highest BCUT2D eigenvalue weighted by Gasteiger charge is 2.07. The second-order valence-corrected chi connectivity index (χ2v) is 6.77. The number of hydrogen-bond acceptors (Lipinski definition) is 6. The highest BCUT2D eigenvalue weighted by molar-refractivity contribution is 5.92. The van der Waals surface area contributed by atoms with E-state index in [4.69, 9.17) is 29.8 Å². The SMILES string of the molecule is COCCOC(=N)c1ccc(-c2ccn(-c3ccc(C(=N)OCCOC)cc3)c2)cc1. The van der Waals surface area contributed by atoms with Crippen LogP contribution in [0.3, 0.4) is 0 Å². The van der Waals surface area contributed by atoms with Gasteiger partial charge in [0.1, 0.15) is 13.2 Å². The van der Waals surface area contributed by atoms with E-state index in [1.807, 2.05) is 71.6 Å². The molecule has 0 fully saturated rings. The molecule has 0 saturated heterocycles. The molecule has 162 valence electrons. The second-order valence-electron chi connectivity index (χ2n) is 6.77. The van der Waals surface area contributed by atoms with Crippen LogP contribution in [0.15, 0.2) is 67.0 Å². The van der Waals surface area contributed by atoms with Crippen molar-refractivity contribution in [3.05, 3.63) is 78.1 Å². The third kappa shape index (κ3) is 6.04. The summed E-state index contributed by atoms with van der Waals surface area (Å²) in [6.45, 7) is 1.62. The maximum absolute atomic E-state index is 7.98. The Morgan fingerprint density at radius 1 is 0.677 bits per heavy atom. The van der Waals surface area contributed by atoms with Crippen molar-refractivity contribution in [3.63, 3.8) is 0 Å². The first-order chi connectivity index (χ1) is 15.1. The molecule has 3 rings (SSSR count). The van der Waals surface area contributed by atoms with Crippen molar-refractivity contribution in [1.82, 2.24) is 4.57 Å². The molecule has 1 aromatic heterocycles. The lowest BCUT2D eigenvalue weighted by Crippen LogP contribution is -2.10. The first-order valence-corrected chi connectivity index (χ1v) is 9.92. The Labute approximate surface area is 182 Å². The molecule has 7 heteroatoms. The number of benzene rings is 2. The number of nitrogens with one attached hydrogen (secondary N) is 2. The predicted octanol–water partition coefficient (Wildman–Crippen LogP) is 4.12. The topological polar surface area (TPSA) is 89.6 Å². The van der Waals surface area contributed by atoms with E-state index in [2.05, 4.69) is 0 Å². The molecule has 0 saturated carbocycles. The summed E-state index contributed by atoms with van der Waals surface area (Å²) in [6.07, 6.45) is 4.04. The molecule has 0 aliphatic rings. The Hall–Kier alpha value is -3.42. The van der Waals surface area contributed by atoms with Gasteiger partial charge in [0, 0.05) is 43.4 Å². The molecule has 0 spiro atoms. The van der Waals surface area contributed by atoms with E-state index in [0.717, 1.165) is 27.9 Å². The van der Waals surface area contributed by atoms with Crippen molar-refractivity contribution in [1.29, 1.82) is 10.8 Å². The Morgan fingerprint density at radius 2 is 1.19 bits per heavy atom. The van der Waals surface area contributed by atoms with E-state index in [1.54, 1.807) is 14.2 Å². The van der Waals surface area contributed by atoms with E-state index in [9.17, 15) is 0 Å². The molecule has 31 heavy (non-hydrogen) atoms. The Kier molecular flexibility index (Phi) is 7.98. The molecule has 0 bridgehead atoms. The van der Waals surface area contributed by atoms with Gasteiger partial charge in [0.05, 0.1) is 13.2 Å². The summed E-state index contributed by atoms with van der Waals surface area (Å²) >= 11 is 0. The molecule has 2 aromatic carbocycles. The first kappa shape index (κ1) is 22.3. The summed E-state index contributed by atoms with van der Waals surface area (Å²) in [7, 11) is 3.21. The van der Waals surface area contributed by atoms with Crippen LogP contribution in [0.25, 0.3) is 16.8 Å². The van der Waals surface area contributed by atoms with Crippen molar-refractivity contribution in [3.8, 4) is 16.8 Å². The van der Waals surface area contributed by atoms with Gasteiger partial charge in [-0.3, -0.25) is 10.8 Å². The summed E-state index contributed by atoms with van der Waals surface area (Å²) in [5, 5.41) is 16.0. The van der Waals surface area contributed by atoms with Crippen LogP contribution in [0, 0.1) is 10.8 Å². The lowest BCUT2D eigenvalue weighted by atomic mass is 10.1. The smallest absolute Gasteiger partial charge is 0.213 e. The van der Waals surface area contributed by atoms with Gasteiger partial charge in [-0.15, -0.1) is 0 Å². The molecule has 0 radical (unpaired) electrons. The van der Waals surface area contributed by atoms with Crippen molar-refractivity contribution < 1.29 is 18.9 Å². The fraction of sp³-hybridized carbons (Fsp3) is 0.250. The van der Waals surface area contributed by atoms with Gasteiger partial charge in [-0.2, -0.15) is 0 Å². The molecule has 7 nitrogen and oxygen atoms in total. The molecule has 1 heterocycles. The highest BCUT2D eigenvalue weighted by atomic mass is 16.5. The van der Waals surface area contributed by atoms with Gasteiger partial charge in [0.2, 0.25) is 11.8 Å². The lowest BCUT2D eigenvalue weighted by Gasteiger charge is -2.08. The molecule has 0 atom stereocenters. The zero-order chi connectivity index (χ0) is 22.1. The molecular weight excluding hydrogens is 394 g/mol. The van der Waals surface area contributed by atoms with Crippen LogP contribution in [-0.4, -0.2) is 57.0 Å². The quantitative estimate of drug-likeness (QED) is 0.293. The van der Waals surface area contributed by atoms with E-state index in [-0.39, 0.29) is 11.8 Å². The Balaban J connectivity index is 1.64. The Bertz CT molecular complexity index is 914. The average Bonchev–Trinajstić information content (AvgIpc) is 3.30. The zero-order valence-corrected chi connectivity index (χ0v) is 17.8. The minimum absolute atomic E-state index is 0.133. The van der Waals surface area contributed by atoms with E-state index < -0.39 is 0 Å². The van der Waals surface area contributed by atoms with Crippen LogP contribution < -0.4 is 0 Å². The van der Waals surface area contributed by atoms with Gasteiger partial charge < -0.3 is 23.5 Å². The molecule has 3 aromatic rings. The number of rotatable bonds is 10. The van der Waals surface area contributed by atoms with Gasteiger partial charge in [-0.25, -0.2) is 0 Å². The monoisotopic (exact) mass is 421 g/mol. The van der Waals surface area contributed by atoms with Gasteiger partial charge >= 0.3 is 0 Å². The number of methoxy groups -OCH3 is 2. The molecule has 0 aliphatic carbocycles. The summed E-state index contributed by atoms with van der Waals surface area (Å²) in [4.78, 5) is 0. The van der Waals surface area contributed by atoms with E-state index in [0.29, 0.717) is 26.4 Å². The third-order valence-electron chi connectivity index (χ3n) is 4.67. The van der Waals surface area contributed by atoms with Crippen LogP contribution in [0.4, 0.5) is 0 Å². The Morgan fingerprint density at radius 3 is 1.71 bits per heavy atom. The molecular formula is C24H27N3O4. The lowest BCUT2D eigenvalue weighted by molar-refractivity contribution is 0.141. The second kappa shape index (κ2) is 11.1. The summed E-state index contributed by atoms with van der Waals surface area (Å²) < 4.78 is 22.6. The average molecular weight is 421 g/mol. The maximum atomic E-state index is 7.98. The molecule has 0 aliphatic heterocycles.